The Labute approximate surface area is 116 Å². The largest absolute Gasteiger partial charge is 0.805 e. The maximum Gasteiger partial charge on any atom is 0.346 e. The zero-order valence-electron chi connectivity index (χ0n) is 11.5. The third kappa shape index (κ3) is 2.36. The topological polar surface area (TPSA) is 80.1 Å². The summed E-state index contributed by atoms with van der Waals surface area (Å²) in [6, 6.07) is 6.42. The molecular formula is C14H17N3O3. The van der Waals surface area contributed by atoms with E-state index in [4.69, 9.17) is 0 Å². The van der Waals surface area contributed by atoms with Crippen molar-refractivity contribution in [2.75, 3.05) is 6.54 Å². The van der Waals surface area contributed by atoms with E-state index in [1.807, 2.05) is 6.92 Å². The minimum atomic E-state index is -0.513. The molecule has 0 unspecified atom stereocenters. The van der Waals surface area contributed by atoms with Gasteiger partial charge in [-0.15, -0.1) is 0 Å². The molecule has 6 nitrogen and oxygen atoms in total. The molecule has 1 amide bonds. The van der Waals surface area contributed by atoms with E-state index in [2.05, 4.69) is 5.32 Å². The fourth-order valence-corrected chi connectivity index (χ4v) is 2.07. The van der Waals surface area contributed by atoms with E-state index < -0.39 is 5.91 Å². The average Bonchev–Trinajstić information content (AvgIpc) is 2.45. The van der Waals surface area contributed by atoms with Crippen molar-refractivity contribution in [3.63, 3.8) is 0 Å². The number of nitrogens with zero attached hydrogens (tertiary/aromatic N) is 2. The Hall–Kier alpha value is -2.37. The number of unbranched alkanes of at least 4 members (excludes halogenated alkanes) is 1. The number of amides is 1. The van der Waals surface area contributed by atoms with E-state index in [0.29, 0.717) is 15.7 Å². The molecule has 0 fully saturated rings. The Kier molecular flexibility index (Phi) is 4.02. The van der Waals surface area contributed by atoms with Crippen molar-refractivity contribution in [1.29, 1.82) is 0 Å². The molecule has 0 saturated heterocycles. The maximum absolute atomic E-state index is 12.3. The fourth-order valence-electron chi connectivity index (χ4n) is 2.07. The molecule has 2 aromatic rings. The Morgan fingerprint density at radius 2 is 2.10 bits per heavy atom. The lowest BCUT2D eigenvalue weighted by molar-refractivity contribution is -0.468. The number of aromatic nitrogens is 2. The van der Waals surface area contributed by atoms with E-state index in [-0.39, 0.29) is 22.4 Å². The van der Waals surface area contributed by atoms with Crippen molar-refractivity contribution in [3.05, 3.63) is 45.8 Å². The number of nitrogens with one attached hydrogen (secondary N) is 1. The molecule has 106 valence electrons. The summed E-state index contributed by atoms with van der Waals surface area (Å²) in [6.07, 6.45) is 1.77. The maximum atomic E-state index is 12.3. The van der Waals surface area contributed by atoms with Crippen LogP contribution in [0.3, 0.4) is 0 Å². The van der Waals surface area contributed by atoms with Gasteiger partial charge in [-0.2, -0.15) is 0 Å². The van der Waals surface area contributed by atoms with Crippen LogP contribution in [0.1, 0.15) is 35.9 Å². The van der Waals surface area contributed by atoms with Gasteiger partial charge in [-0.25, -0.2) is 0 Å². The molecule has 1 aromatic carbocycles. The number of fused-ring (bicyclic) bond motifs is 1. The van der Waals surface area contributed by atoms with Crippen molar-refractivity contribution >= 4 is 16.9 Å². The van der Waals surface area contributed by atoms with Gasteiger partial charge in [0.15, 0.2) is 0 Å². The molecule has 0 atom stereocenters. The van der Waals surface area contributed by atoms with Gasteiger partial charge in [0.05, 0.1) is 10.1 Å². The Bertz CT molecular complexity index is 707. The van der Waals surface area contributed by atoms with E-state index in [1.165, 1.54) is 13.0 Å². The minimum absolute atomic E-state index is 0.104. The van der Waals surface area contributed by atoms with Crippen LogP contribution in [0.4, 0.5) is 0 Å². The molecule has 0 saturated carbocycles. The molecule has 0 bridgehead atoms. The zero-order valence-corrected chi connectivity index (χ0v) is 11.5. The Balaban J connectivity index is 2.54. The fraction of sp³-hybridized carbons (Fsp3) is 0.357. The highest BCUT2D eigenvalue weighted by molar-refractivity contribution is 5.93. The van der Waals surface area contributed by atoms with Crippen LogP contribution < -0.4 is 9.74 Å². The van der Waals surface area contributed by atoms with Gasteiger partial charge in [0.1, 0.15) is 5.52 Å². The average molecular weight is 275 g/mol. The summed E-state index contributed by atoms with van der Waals surface area (Å²) in [4.78, 5) is 24.4. The van der Waals surface area contributed by atoms with E-state index in [0.717, 1.165) is 12.8 Å². The van der Waals surface area contributed by atoms with Gasteiger partial charge in [0, 0.05) is 17.5 Å². The first-order chi connectivity index (χ1) is 9.57. The Morgan fingerprint density at radius 1 is 1.40 bits per heavy atom. The van der Waals surface area contributed by atoms with Gasteiger partial charge in [-0.3, -0.25) is 4.79 Å². The van der Waals surface area contributed by atoms with Crippen LogP contribution in [0.25, 0.3) is 11.0 Å². The number of hydrogen-bond acceptors (Lipinski definition) is 3. The van der Waals surface area contributed by atoms with Crippen LogP contribution in [0, 0.1) is 17.0 Å². The van der Waals surface area contributed by atoms with Crippen LogP contribution in [0.5, 0.6) is 0 Å². The second-order valence-electron chi connectivity index (χ2n) is 4.62. The molecule has 1 heterocycles. The number of hydrogen-bond donors (Lipinski definition) is 1. The lowest BCUT2D eigenvalue weighted by atomic mass is 10.2. The third-order valence-electron chi connectivity index (χ3n) is 3.20. The third-order valence-corrected chi connectivity index (χ3v) is 3.20. The highest BCUT2D eigenvalue weighted by Gasteiger charge is 2.26. The van der Waals surface area contributed by atoms with E-state index in [1.54, 1.807) is 18.2 Å². The molecule has 0 spiro atoms. The summed E-state index contributed by atoms with van der Waals surface area (Å²) in [5.74, 6) is -0.513. The highest BCUT2D eigenvalue weighted by Crippen LogP contribution is 2.13. The minimum Gasteiger partial charge on any atom is -0.805 e. The molecule has 6 heteroatoms. The van der Waals surface area contributed by atoms with E-state index >= 15 is 0 Å². The molecule has 1 N–H and O–H groups in total. The van der Waals surface area contributed by atoms with Gasteiger partial charge in [-0.1, -0.05) is 25.5 Å². The first-order valence-electron chi connectivity index (χ1n) is 6.60. The molecule has 0 aliphatic carbocycles. The van der Waals surface area contributed by atoms with Crippen LogP contribution in [0.2, 0.25) is 0 Å². The van der Waals surface area contributed by atoms with Crippen LogP contribution in [-0.4, -0.2) is 17.2 Å². The molecule has 1 aromatic heterocycles. The van der Waals surface area contributed by atoms with Crippen molar-refractivity contribution in [2.24, 2.45) is 0 Å². The normalized spacial score (nSPS) is 10.7. The standard InChI is InChI=1S/C14H17N3O3/c1-3-4-9-15-14(18)13-10(2)16(19)11-7-5-6-8-12(11)17(13)20/h5-8H,3-4,9H2,1-2H3,(H,15,18). The quantitative estimate of drug-likeness (QED) is 0.681. The van der Waals surface area contributed by atoms with Gasteiger partial charge in [0.25, 0.3) is 5.52 Å². The predicted octanol–water partition coefficient (Wildman–Crippen LogP) is 1.74. The monoisotopic (exact) mass is 275 g/mol. The smallest absolute Gasteiger partial charge is 0.346 e. The molecule has 2 rings (SSSR count). The summed E-state index contributed by atoms with van der Waals surface area (Å²) < 4.78 is 1.15. The number of benzene rings is 1. The van der Waals surface area contributed by atoms with Crippen LogP contribution in [-0.2, 0) is 0 Å². The Morgan fingerprint density at radius 3 is 2.80 bits per heavy atom. The first kappa shape index (κ1) is 14.0. The van der Waals surface area contributed by atoms with Crippen molar-refractivity contribution in [3.8, 4) is 0 Å². The van der Waals surface area contributed by atoms with Gasteiger partial charge in [0.2, 0.25) is 0 Å². The number of carbonyl (C=O) groups excluding carboxylic acids is 1. The highest BCUT2D eigenvalue weighted by atomic mass is 16.5. The summed E-state index contributed by atoms with van der Waals surface area (Å²) in [5, 5.41) is 14.8. The van der Waals surface area contributed by atoms with E-state index in [9.17, 15) is 14.9 Å². The summed E-state index contributed by atoms with van der Waals surface area (Å²) in [6.45, 7) is 3.97. The number of carbonyl (C=O) groups is 1. The SMILES string of the molecule is CCCCNC(=O)c1c(C)n([O-])c2ccccc2[n+]1=O. The number of para-hydroxylation sites is 2. The lowest BCUT2D eigenvalue weighted by Gasteiger charge is -2.16. The zero-order chi connectivity index (χ0) is 14.7. The molecule has 0 radical (unpaired) electrons. The summed E-state index contributed by atoms with van der Waals surface area (Å²) >= 11 is 0. The van der Waals surface area contributed by atoms with Crippen molar-refractivity contribution in [1.82, 2.24) is 10.0 Å². The summed E-state index contributed by atoms with van der Waals surface area (Å²) in [7, 11) is 0. The molecule has 0 aliphatic rings. The van der Waals surface area contributed by atoms with Crippen LogP contribution >= 0.6 is 0 Å². The second-order valence-corrected chi connectivity index (χ2v) is 4.62. The van der Waals surface area contributed by atoms with Gasteiger partial charge < -0.3 is 15.3 Å². The molecular weight excluding hydrogens is 258 g/mol. The molecule has 0 aliphatic heterocycles. The van der Waals surface area contributed by atoms with Crippen molar-refractivity contribution < 1.29 is 9.22 Å². The predicted molar refractivity (Wildman–Crippen MR) is 76.0 cm³/mol. The summed E-state index contributed by atoms with van der Waals surface area (Å²) in [5.41, 5.74) is 0.404. The van der Waals surface area contributed by atoms with Gasteiger partial charge in [-0.05, 0) is 19.4 Å². The number of rotatable bonds is 4. The lowest BCUT2D eigenvalue weighted by Crippen LogP contribution is -2.37. The second kappa shape index (κ2) is 5.73. The van der Waals surface area contributed by atoms with Crippen molar-refractivity contribution in [2.45, 2.75) is 26.7 Å². The first-order valence-corrected chi connectivity index (χ1v) is 6.60. The van der Waals surface area contributed by atoms with Gasteiger partial charge >= 0.3 is 11.6 Å². The van der Waals surface area contributed by atoms with Crippen LogP contribution in [0.15, 0.2) is 24.3 Å². The molecule has 20 heavy (non-hydrogen) atoms.